The van der Waals surface area contributed by atoms with Crippen molar-refractivity contribution in [3.63, 3.8) is 0 Å². The van der Waals surface area contributed by atoms with Gasteiger partial charge in [-0.25, -0.2) is 19.2 Å². The number of esters is 4. The Hall–Kier alpha value is -4.72. The third-order valence-electron chi connectivity index (χ3n) is 5.53. The van der Waals surface area contributed by atoms with Crippen molar-refractivity contribution in [3.8, 4) is 11.1 Å². The van der Waals surface area contributed by atoms with Crippen molar-refractivity contribution >= 4 is 23.9 Å². The van der Waals surface area contributed by atoms with Crippen LogP contribution in [0.5, 0.6) is 0 Å². The molecule has 2 aromatic carbocycles. The lowest BCUT2D eigenvalue weighted by molar-refractivity contribution is -0.141. The molecule has 0 N–H and O–H groups in total. The first kappa shape index (κ1) is 31.5. The first-order valence-electron chi connectivity index (χ1n) is 12.3. The van der Waals surface area contributed by atoms with Crippen LogP contribution in [0.25, 0.3) is 11.1 Å². The molecule has 0 radical (unpaired) electrons. The zero-order chi connectivity index (χ0) is 30.0. The summed E-state index contributed by atoms with van der Waals surface area (Å²) in [5.41, 5.74) is 5.04. The summed E-state index contributed by atoms with van der Waals surface area (Å²) in [5.74, 6) is -2.17. The lowest BCUT2D eigenvalue weighted by Gasteiger charge is -2.16. The highest BCUT2D eigenvalue weighted by atomic mass is 16.5. The van der Waals surface area contributed by atoms with E-state index < -0.39 is 23.9 Å². The number of ether oxygens (including phenoxy) is 4. The maximum Gasteiger partial charge on any atom is 0.333 e. The second kappa shape index (κ2) is 14.4. The molecule has 0 aliphatic carbocycles. The number of carbonyl (C=O) groups is 4. The number of benzene rings is 2. The van der Waals surface area contributed by atoms with E-state index in [1.807, 2.05) is 12.1 Å². The van der Waals surface area contributed by atoms with Crippen LogP contribution in [-0.2, 0) is 64.6 Å². The van der Waals surface area contributed by atoms with E-state index in [1.165, 1.54) is 0 Å². The third kappa shape index (κ3) is 9.23. The van der Waals surface area contributed by atoms with Crippen molar-refractivity contribution in [1.29, 1.82) is 0 Å². The Balaban J connectivity index is 2.49. The topological polar surface area (TPSA) is 105 Å². The predicted molar refractivity (Wildman–Crippen MR) is 150 cm³/mol. The second-order valence-corrected chi connectivity index (χ2v) is 9.40. The van der Waals surface area contributed by atoms with E-state index >= 15 is 0 Å². The quantitative estimate of drug-likeness (QED) is 0.176. The van der Waals surface area contributed by atoms with Gasteiger partial charge in [0, 0.05) is 22.3 Å². The molecular formula is C32H34O8. The van der Waals surface area contributed by atoms with Gasteiger partial charge in [-0.1, -0.05) is 50.6 Å². The van der Waals surface area contributed by atoms with Crippen LogP contribution in [0, 0.1) is 0 Å². The Kier molecular flexibility index (Phi) is 11.4. The third-order valence-corrected chi connectivity index (χ3v) is 5.53. The molecule has 0 amide bonds. The molecule has 0 fully saturated rings. The Morgan fingerprint density at radius 3 is 1.43 bits per heavy atom. The molecule has 0 atom stereocenters. The molecular weight excluding hydrogens is 512 g/mol. The van der Waals surface area contributed by atoms with Crippen LogP contribution in [0.2, 0.25) is 0 Å². The average Bonchev–Trinajstić information content (AvgIpc) is 2.91. The summed E-state index contributed by atoms with van der Waals surface area (Å²) in [5, 5.41) is 0. The van der Waals surface area contributed by atoms with Crippen LogP contribution in [-0.4, -0.2) is 23.9 Å². The van der Waals surface area contributed by atoms with Gasteiger partial charge in [0.15, 0.2) is 0 Å². The van der Waals surface area contributed by atoms with Crippen LogP contribution in [0.1, 0.15) is 49.9 Å². The summed E-state index contributed by atoms with van der Waals surface area (Å²) in [6.07, 6.45) is 0. The monoisotopic (exact) mass is 546 g/mol. The van der Waals surface area contributed by atoms with Gasteiger partial charge in [-0.15, -0.1) is 0 Å². The van der Waals surface area contributed by atoms with Crippen molar-refractivity contribution < 1.29 is 38.1 Å². The molecule has 40 heavy (non-hydrogen) atoms. The molecule has 2 rings (SSSR count). The highest BCUT2D eigenvalue weighted by molar-refractivity contribution is 5.88. The Morgan fingerprint density at radius 1 is 0.525 bits per heavy atom. The van der Waals surface area contributed by atoms with Crippen LogP contribution in [0.3, 0.4) is 0 Å². The first-order chi connectivity index (χ1) is 18.8. The lowest BCUT2D eigenvalue weighted by atomic mass is 9.95. The zero-order valence-electron chi connectivity index (χ0n) is 23.4. The van der Waals surface area contributed by atoms with Crippen LogP contribution in [0.15, 0.2) is 85.0 Å². The van der Waals surface area contributed by atoms with Gasteiger partial charge in [0.2, 0.25) is 0 Å². The molecule has 0 aliphatic heterocycles. The van der Waals surface area contributed by atoms with E-state index in [1.54, 1.807) is 52.0 Å². The van der Waals surface area contributed by atoms with Gasteiger partial charge in [-0.05, 0) is 73.2 Å². The highest BCUT2D eigenvalue weighted by Crippen LogP contribution is 2.29. The number of carbonyl (C=O) groups excluding carboxylic acids is 4. The molecule has 2 aromatic rings. The summed E-state index contributed by atoms with van der Waals surface area (Å²) in [4.78, 5) is 48.0. The largest absolute Gasteiger partial charge is 0.457 e. The Bertz CT molecular complexity index is 1380. The van der Waals surface area contributed by atoms with Gasteiger partial charge in [-0.2, -0.15) is 0 Å². The maximum atomic E-state index is 12.1. The molecule has 0 saturated carbocycles. The molecule has 8 heteroatoms. The fraction of sp³-hybridized carbons (Fsp3) is 0.250. The number of hydrogen-bond acceptors (Lipinski definition) is 8. The minimum absolute atomic E-state index is 0.00252. The summed E-state index contributed by atoms with van der Waals surface area (Å²) in [6.45, 7) is 20.4. The Morgan fingerprint density at radius 2 is 0.950 bits per heavy atom. The first-order valence-corrected chi connectivity index (χ1v) is 12.3. The summed E-state index contributed by atoms with van der Waals surface area (Å²) < 4.78 is 21.4. The number of hydrogen-bond donors (Lipinski definition) is 0. The van der Waals surface area contributed by atoms with Crippen molar-refractivity contribution in [2.45, 2.75) is 54.1 Å². The van der Waals surface area contributed by atoms with E-state index in [4.69, 9.17) is 18.9 Å². The molecule has 0 heterocycles. The van der Waals surface area contributed by atoms with Crippen molar-refractivity contribution in [2.75, 3.05) is 0 Å². The van der Waals surface area contributed by atoms with Gasteiger partial charge >= 0.3 is 23.9 Å². The van der Waals surface area contributed by atoms with E-state index in [0.717, 1.165) is 11.1 Å². The average molecular weight is 547 g/mol. The van der Waals surface area contributed by atoms with E-state index in [2.05, 4.69) is 26.3 Å². The predicted octanol–water partition coefficient (Wildman–Crippen LogP) is 5.83. The summed E-state index contributed by atoms with van der Waals surface area (Å²) >= 11 is 0. The Labute approximate surface area is 234 Å². The highest BCUT2D eigenvalue weighted by Gasteiger charge is 2.16. The van der Waals surface area contributed by atoms with Gasteiger partial charge in [0.25, 0.3) is 0 Å². The van der Waals surface area contributed by atoms with E-state index in [9.17, 15) is 19.2 Å². The van der Waals surface area contributed by atoms with Crippen molar-refractivity contribution in [1.82, 2.24) is 0 Å². The molecule has 0 saturated heterocycles. The van der Waals surface area contributed by atoms with Crippen LogP contribution in [0.4, 0.5) is 0 Å². The summed E-state index contributed by atoms with van der Waals surface area (Å²) in [6, 6.07) is 10.7. The lowest BCUT2D eigenvalue weighted by Crippen LogP contribution is -2.10. The molecule has 0 aliphatic rings. The molecule has 0 unspecified atom stereocenters. The van der Waals surface area contributed by atoms with Gasteiger partial charge in [0.1, 0.15) is 26.4 Å². The smallest absolute Gasteiger partial charge is 0.333 e. The molecule has 0 aromatic heterocycles. The van der Waals surface area contributed by atoms with Gasteiger partial charge in [0.05, 0.1) is 0 Å². The van der Waals surface area contributed by atoms with Crippen LogP contribution >= 0.6 is 0 Å². The fourth-order valence-corrected chi connectivity index (χ4v) is 3.28. The molecule has 0 bridgehead atoms. The zero-order valence-corrected chi connectivity index (χ0v) is 23.4. The minimum Gasteiger partial charge on any atom is -0.457 e. The summed E-state index contributed by atoms with van der Waals surface area (Å²) in [7, 11) is 0. The maximum absolute atomic E-state index is 12.1. The van der Waals surface area contributed by atoms with Gasteiger partial charge in [-0.3, -0.25) is 0 Å². The van der Waals surface area contributed by atoms with Crippen molar-refractivity contribution in [2.24, 2.45) is 0 Å². The molecule has 210 valence electrons. The van der Waals surface area contributed by atoms with E-state index in [-0.39, 0.29) is 48.7 Å². The normalized spacial score (nSPS) is 10.2. The van der Waals surface area contributed by atoms with Gasteiger partial charge < -0.3 is 18.9 Å². The van der Waals surface area contributed by atoms with Crippen LogP contribution < -0.4 is 0 Å². The number of rotatable bonds is 13. The SMILES string of the molecule is C=C(C)C(=O)OCc1ccc(-c2ccc(COC(=O)C(=C)C)c(COC(=O)C(=C)C)c2)c(COC(=O)C(=C)C)c1. The standard InChI is InChI=1S/C32H34O8/c1-19(2)29(33)37-15-23-9-12-28(27(13-23)18-40-32(36)22(7)8)24-10-11-25(16-38-30(34)20(3)4)26(14-24)17-39-31(35)21(5)6/h9-14H,1,3,5,7,15-18H2,2,4,6,8H3. The van der Waals surface area contributed by atoms with Crippen molar-refractivity contribution in [3.05, 3.63) is 107 Å². The minimum atomic E-state index is -0.559. The molecule has 0 spiro atoms. The van der Waals surface area contributed by atoms with E-state index in [0.29, 0.717) is 22.3 Å². The fourth-order valence-electron chi connectivity index (χ4n) is 3.28. The second-order valence-electron chi connectivity index (χ2n) is 9.40. The molecule has 8 nitrogen and oxygen atoms in total.